The standard InChI is InChI=1S/C22H32N4O3/c1-22(2,3)29-21(28)25-16-11-7-5-6-10-15(16)20(27)23-14-19-24-17-12-8-9-13-18(17)26(19)4/h8-9,12-13,15-16H,5-7,10-11,14H2,1-4H3,(H,23,27)(H,25,28)/t15-,16+/m1/s1. The molecule has 2 N–H and O–H groups in total. The number of nitrogens with one attached hydrogen (secondary N) is 2. The molecule has 0 radical (unpaired) electrons. The molecular weight excluding hydrogens is 368 g/mol. The summed E-state index contributed by atoms with van der Waals surface area (Å²) in [4.78, 5) is 29.9. The van der Waals surface area contributed by atoms with Gasteiger partial charge in [-0.3, -0.25) is 4.79 Å². The molecule has 0 aliphatic heterocycles. The lowest BCUT2D eigenvalue weighted by Crippen LogP contribution is -2.47. The lowest BCUT2D eigenvalue weighted by molar-refractivity contribution is -0.126. The maximum absolute atomic E-state index is 13.0. The third-order valence-corrected chi connectivity index (χ3v) is 5.36. The molecule has 2 aromatic rings. The number of rotatable bonds is 4. The number of benzene rings is 1. The lowest BCUT2D eigenvalue weighted by Gasteiger charge is -2.27. The molecule has 2 atom stereocenters. The van der Waals surface area contributed by atoms with Crippen LogP contribution < -0.4 is 10.6 Å². The second kappa shape index (κ2) is 8.84. The van der Waals surface area contributed by atoms with Crippen molar-refractivity contribution < 1.29 is 14.3 Å². The number of imidazole rings is 1. The summed E-state index contributed by atoms with van der Waals surface area (Å²) < 4.78 is 7.39. The highest BCUT2D eigenvalue weighted by atomic mass is 16.6. The van der Waals surface area contributed by atoms with Crippen molar-refractivity contribution in [3.05, 3.63) is 30.1 Å². The minimum atomic E-state index is -0.563. The van der Waals surface area contributed by atoms with Crippen molar-refractivity contribution in [2.24, 2.45) is 13.0 Å². The summed E-state index contributed by atoms with van der Waals surface area (Å²) in [6.07, 6.45) is 4.13. The largest absolute Gasteiger partial charge is 0.444 e. The fourth-order valence-electron chi connectivity index (χ4n) is 3.90. The van der Waals surface area contributed by atoms with Crippen LogP contribution in [0.25, 0.3) is 11.0 Å². The van der Waals surface area contributed by atoms with Gasteiger partial charge in [0.05, 0.1) is 23.5 Å². The second-order valence-electron chi connectivity index (χ2n) is 8.79. The zero-order valence-electron chi connectivity index (χ0n) is 17.8. The molecule has 1 aliphatic rings. The van der Waals surface area contributed by atoms with Crippen LogP contribution in [0.15, 0.2) is 24.3 Å². The molecule has 29 heavy (non-hydrogen) atoms. The number of para-hydroxylation sites is 2. The zero-order valence-corrected chi connectivity index (χ0v) is 17.8. The third-order valence-electron chi connectivity index (χ3n) is 5.36. The van der Waals surface area contributed by atoms with Crippen molar-refractivity contribution in [1.29, 1.82) is 0 Å². The van der Waals surface area contributed by atoms with Gasteiger partial charge in [-0.2, -0.15) is 0 Å². The Hall–Kier alpha value is -2.57. The van der Waals surface area contributed by atoms with E-state index >= 15 is 0 Å². The minimum Gasteiger partial charge on any atom is -0.444 e. The van der Waals surface area contributed by atoms with Gasteiger partial charge in [0.1, 0.15) is 11.4 Å². The number of carbonyl (C=O) groups is 2. The number of hydrogen-bond acceptors (Lipinski definition) is 4. The van der Waals surface area contributed by atoms with Crippen LogP contribution in [-0.4, -0.2) is 33.2 Å². The molecule has 7 heteroatoms. The molecule has 1 heterocycles. The van der Waals surface area contributed by atoms with Gasteiger partial charge < -0.3 is 19.9 Å². The number of aromatic nitrogens is 2. The predicted molar refractivity (Wildman–Crippen MR) is 112 cm³/mol. The maximum atomic E-state index is 13.0. The quantitative estimate of drug-likeness (QED) is 0.767. The summed E-state index contributed by atoms with van der Waals surface area (Å²) in [5.41, 5.74) is 1.39. The first-order valence-electron chi connectivity index (χ1n) is 10.4. The van der Waals surface area contributed by atoms with E-state index in [1.807, 2.05) is 56.7 Å². The zero-order chi connectivity index (χ0) is 21.0. The molecule has 0 spiro atoms. The van der Waals surface area contributed by atoms with Crippen molar-refractivity contribution >= 4 is 23.0 Å². The van der Waals surface area contributed by atoms with E-state index in [0.717, 1.165) is 49.0 Å². The number of alkyl carbamates (subject to hydrolysis) is 1. The van der Waals surface area contributed by atoms with Gasteiger partial charge in [0, 0.05) is 13.1 Å². The van der Waals surface area contributed by atoms with Gasteiger partial charge in [-0.25, -0.2) is 9.78 Å². The summed E-state index contributed by atoms with van der Waals surface area (Å²) in [6, 6.07) is 7.70. The molecule has 7 nitrogen and oxygen atoms in total. The fourth-order valence-corrected chi connectivity index (χ4v) is 3.90. The number of carbonyl (C=O) groups excluding carboxylic acids is 2. The Bertz CT molecular complexity index is 869. The molecule has 1 aromatic heterocycles. The van der Waals surface area contributed by atoms with Crippen LogP contribution in [0.1, 0.15) is 58.7 Å². The van der Waals surface area contributed by atoms with Crippen LogP contribution in [0.3, 0.4) is 0 Å². The Morgan fingerprint density at radius 3 is 2.62 bits per heavy atom. The highest BCUT2D eigenvalue weighted by molar-refractivity contribution is 5.81. The average Bonchev–Trinajstić information content (AvgIpc) is 2.80. The second-order valence-corrected chi connectivity index (χ2v) is 8.79. The van der Waals surface area contributed by atoms with Gasteiger partial charge in [-0.1, -0.05) is 31.4 Å². The molecule has 2 amide bonds. The van der Waals surface area contributed by atoms with Crippen LogP contribution in [0.5, 0.6) is 0 Å². The Balaban J connectivity index is 1.65. The van der Waals surface area contributed by atoms with E-state index in [0.29, 0.717) is 6.54 Å². The van der Waals surface area contributed by atoms with Crippen molar-refractivity contribution in [2.75, 3.05) is 0 Å². The number of ether oxygens (including phenoxy) is 1. The van der Waals surface area contributed by atoms with Gasteiger partial charge in [-0.15, -0.1) is 0 Å². The van der Waals surface area contributed by atoms with Crippen molar-refractivity contribution in [1.82, 2.24) is 20.2 Å². The van der Waals surface area contributed by atoms with E-state index in [-0.39, 0.29) is 17.9 Å². The molecule has 1 saturated carbocycles. The molecule has 1 aliphatic carbocycles. The third kappa shape index (κ3) is 5.49. The molecule has 1 aromatic carbocycles. The normalized spacial score (nSPS) is 20.1. The number of aryl methyl sites for hydroxylation is 1. The summed E-state index contributed by atoms with van der Waals surface area (Å²) in [5.74, 6) is 0.504. The van der Waals surface area contributed by atoms with Crippen LogP contribution >= 0.6 is 0 Å². The lowest BCUT2D eigenvalue weighted by atomic mass is 9.94. The van der Waals surface area contributed by atoms with Gasteiger partial charge in [0.25, 0.3) is 0 Å². The van der Waals surface area contributed by atoms with E-state index < -0.39 is 11.7 Å². The summed E-state index contributed by atoms with van der Waals surface area (Å²) in [5, 5.41) is 5.97. The van der Waals surface area contributed by atoms with Crippen molar-refractivity contribution in [3.63, 3.8) is 0 Å². The number of amides is 2. The Labute approximate surface area is 172 Å². The average molecular weight is 401 g/mol. The van der Waals surface area contributed by atoms with Crippen LogP contribution in [0, 0.1) is 5.92 Å². The Kier molecular flexibility index (Phi) is 6.45. The van der Waals surface area contributed by atoms with E-state index in [9.17, 15) is 9.59 Å². The van der Waals surface area contributed by atoms with E-state index in [2.05, 4.69) is 15.6 Å². The summed E-state index contributed by atoms with van der Waals surface area (Å²) in [6.45, 7) is 5.86. The first kappa shape index (κ1) is 21.1. The molecule has 158 valence electrons. The molecule has 3 rings (SSSR count). The predicted octanol–water partition coefficient (Wildman–Crippen LogP) is 3.66. The summed E-state index contributed by atoms with van der Waals surface area (Å²) >= 11 is 0. The fraction of sp³-hybridized carbons (Fsp3) is 0.591. The van der Waals surface area contributed by atoms with Crippen molar-refractivity contribution in [2.45, 2.75) is 71.1 Å². The molecule has 1 fully saturated rings. The summed E-state index contributed by atoms with van der Waals surface area (Å²) in [7, 11) is 1.95. The molecule has 0 saturated heterocycles. The molecule has 0 unspecified atom stereocenters. The van der Waals surface area contributed by atoms with Gasteiger partial charge in [0.15, 0.2) is 0 Å². The molecule has 0 bridgehead atoms. The van der Waals surface area contributed by atoms with Gasteiger partial charge >= 0.3 is 6.09 Å². The van der Waals surface area contributed by atoms with Crippen LogP contribution in [-0.2, 0) is 23.1 Å². The smallest absolute Gasteiger partial charge is 0.407 e. The number of nitrogens with zero attached hydrogens (tertiary/aromatic N) is 2. The van der Waals surface area contributed by atoms with E-state index in [4.69, 9.17) is 4.74 Å². The van der Waals surface area contributed by atoms with Gasteiger partial charge in [-0.05, 0) is 45.7 Å². The first-order chi connectivity index (χ1) is 13.7. The monoisotopic (exact) mass is 400 g/mol. The highest BCUT2D eigenvalue weighted by Gasteiger charge is 2.32. The topological polar surface area (TPSA) is 85.2 Å². The Morgan fingerprint density at radius 1 is 1.17 bits per heavy atom. The van der Waals surface area contributed by atoms with Crippen LogP contribution in [0.4, 0.5) is 4.79 Å². The minimum absolute atomic E-state index is 0.0417. The first-order valence-corrected chi connectivity index (χ1v) is 10.4. The SMILES string of the molecule is Cn1c(CNC(=O)[C@@H]2CCCCC[C@@H]2NC(=O)OC(C)(C)C)nc2ccccc21. The Morgan fingerprint density at radius 2 is 1.90 bits per heavy atom. The maximum Gasteiger partial charge on any atom is 0.407 e. The van der Waals surface area contributed by atoms with E-state index in [1.165, 1.54) is 0 Å². The molecular formula is C22H32N4O3. The van der Waals surface area contributed by atoms with E-state index in [1.54, 1.807) is 0 Å². The number of hydrogen-bond donors (Lipinski definition) is 2. The number of fused-ring (bicyclic) bond motifs is 1. The highest BCUT2D eigenvalue weighted by Crippen LogP contribution is 2.24. The van der Waals surface area contributed by atoms with Crippen LogP contribution in [0.2, 0.25) is 0 Å². The van der Waals surface area contributed by atoms with Gasteiger partial charge in [0.2, 0.25) is 5.91 Å². The van der Waals surface area contributed by atoms with Crippen molar-refractivity contribution in [3.8, 4) is 0 Å².